The molecule has 0 saturated carbocycles. The number of hydrogen-bond donors (Lipinski definition) is 1. The molecule has 0 unspecified atom stereocenters. The SMILES string of the molecule is Cc1c([N+](=O)[O-])ccc(F)c1C=NNc1nc(-c2ccccc2)cs1. The quantitative estimate of drug-likeness (QED) is 0.411. The molecule has 1 N–H and O–H groups in total. The summed E-state index contributed by atoms with van der Waals surface area (Å²) in [5, 5.41) is 17.3. The van der Waals surface area contributed by atoms with Crippen LogP contribution >= 0.6 is 11.3 Å². The lowest BCUT2D eigenvalue weighted by atomic mass is 10.1. The van der Waals surface area contributed by atoms with E-state index in [2.05, 4.69) is 15.5 Å². The Balaban J connectivity index is 1.77. The Morgan fingerprint density at radius 3 is 2.76 bits per heavy atom. The zero-order valence-electron chi connectivity index (χ0n) is 13.1. The molecule has 0 saturated heterocycles. The lowest BCUT2D eigenvalue weighted by molar-refractivity contribution is -0.385. The first-order chi connectivity index (χ1) is 12.1. The van der Waals surface area contributed by atoms with Crippen LogP contribution in [0.1, 0.15) is 11.1 Å². The van der Waals surface area contributed by atoms with E-state index in [1.807, 2.05) is 35.7 Å². The molecule has 25 heavy (non-hydrogen) atoms. The van der Waals surface area contributed by atoms with Crippen molar-refractivity contribution in [1.82, 2.24) is 4.98 Å². The van der Waals surface area contributed by atoms with Gasteiger partial charge in [-0.3, -0.25) is 15.5 Å². The largest absolute Gasteiger partial charge is 0.273 e. The molecular formula is C17H13FN4O2S. The summed E-state index contributed by atoms with van der Waals surface area (Å²) in [4.78, 5) is 14.8. The second-order valence-electron chi connectivity index (χ2n) is 5.14. The van der Waals surface area contributed by atoms with Crippen LogP contribution in [-0.2, 0) is 0 Å². The normalized spacial score (nSPS) is 11.0. The van der Waals surface area contributed by atoms with Gasteiger partial charge in [0, 0.05) is 28.1 Å². The van der Waals surface area contributed by atoms with E-state index >= 15 is 0 Å². The Bertz CT molecular complexity index is 941. The predicted octanol–water partition coefficient (Wildman–Crippen LogP) is 4.61. The smallest absolute Gasteiger partial charge is 0.258 e. The molecule has 1 heterocycles. The van der Waals surface area contributed by atoms with Crippen molar-refractivity contribution in [3.05, 3.63) is 74.9 Å². The van der Waals surface area contributed by atoms with E-state index in [0.717, 1.165) is 23.4 Å². The summed E-state index contributed by atoms with van der Waals surface area (Å²) in [6, 6.07) is 11.9. The molecule has 1 aromatic heterocycles. The van der Waals surface area contributed by atoms with Crippen LogP contribution in [0.2, 0.25) is 0 Å². The number of nitro groups is 1. The highest BCUT2D eigenvalue weighted by Gasteiger charge is 2.16. The van der Waals surface area contributed by atoms with E-state index in [-0.39, 0.29) is 16.8 Å². The van der Waals surface area contributed by atoms with Crippen LogP contribution in [-0.4, -0.2) is 16.1 Å². The molecule has 3 rings (SSSR count). The van der Waals surface area contributed by atoms with Crippen LogP contribution in [0.15, 0.2) is 52.9 Å². The van der Waals surface area contributed by atoms with Crippen molar-refractivity contribution in [2.75, 3.05) is 5.43 Å². The van der Waals surface area contributed by atoms with Crippen LogP contribution in [0.3, 0.4) is 0 Å². The maximum atomic E-state index is 13.9. The number of aromatic nitrogens is 1. The first kappa shape index (κ1) is 16.7. The van der Waals surface area contributed by atoms with Gasteiger partial charge in [0.15, 0.2) is 0 Å². The number of hydrazone groups is 1. The Morgan fingerprint density at radius 2 is 2.04 bits per heavy atom. The topological polar surface area (TPSA) is 80.4 Å². The van der Waals surface area contributed by atoms with E-state index < -0.39 is 10.7 Å². The molecule has 0 bridgehead atoms. The summed E-state index contributed by atoms with van der Waals surface area (Å²) in [5.41, 5.74) is 4.66. The number of thiazole rings is 1. The Morgan fingerprint density at radius 1 is 1.28 bits per heavy atom. The Kier molecular flexibility index (Phi) is 4.80. The van der Waals surface area contributed by atoms with Crippen LogP contribution < -0.4 is 5.43 Å². The fourth-order valence-electron chi connectivity index (χ4n) is 2.26. The number of benzene rings is 2. The van der Waals surface area contributed by atoms with Gasteiger partial charge in [0.05, 0.1) is 16.8 Å². The molecule has 6 nitrogen and oxygen atoms in total. The van der Waals surface area contributed by atoms with Crippen LogP contribution in [0.4, 0.5) is 15.2 Å². The summed E-state index contributed by atoms with van der Waals surface area (Å²) < 4.78 is 13.9. The molecule has 0 spiro atoms. The first-order valence-electron chi connectivity index (χ1n) is 7.30. The fraction of sp³-hybridized carbons (Fsp3) is 0.0588. The first-order valence-corrected chi connectivity index (χ1v) is 8.17. The number of hydrogen-bond acceptors (Lipinski definition) is 6. The highest BCUT2D eigenvalue weighted by atomic mass is 32.1. The van der Waals surface area contributed by atoms with E-state index in [1.165, 1.54) is 24.5 Å². The predicted molar refractivity (Wildman–Crippen MR) is 96.6 cm³/mol. The van der Waals surface area contributed by atoms with Crippen molar-refractivity contribution in [2.45, 2.75) is 6.92 Å². The second kappa shape index (κ2) is 7.18. The van der Waals surface area contributed by atoms with Gasteiger partial charge in [-0.05, 0) is 13.0 Å². The second-order valence-corrected chi connectivity index (χ2v) is 5.99. The highest BCUT2D eigenvalue weighted by molar-refractivity contribution is 7.14. The third kappa shape index (κ3) is 3.69. The number of nitro benzene ring substituents is 1. The summed E-state index contributed by atoms with van der Waals surface area (Å²) in [7, 11) is 0. The zero-order chi connectivity index (χ0) is 17.8. The summed E-state index contributed by atoms with van der Waals surface area (Å²) >= 11 is 1.36. The third-order valence-corrected chi connectivity index (χ3v) is 4.30. The minimum atomic E-state index is -0.572. The third-order valence-electron chi connectivity index (χ3n) is 3.56. The summed E-state index contributed by atoms with van der Waals surface area (Å²) in [6.45, 7) is 1.49. The van der Waals surface area contributed by atoms with Crippen LogP contribution in [0, 0.1) is 22.9 Å². The summed E-state index contributed by atoms with van der Waals surface area (Å²) in [5.74, 6) is -0.572. The lowest BCUT2D eigenvalue weighted by Gasteiger charge is -2.03. The number of nitrogens with zero attached hydrogens (tertiary/aromatic N) is 3. The standard InChI is InChI=1S/C17H13FN4O2S/c1-11-13(14(18)7-8-16(11)22(23)24)9-19-21-17-20-15(10-25-17)12-5-3-2-4-6-12/h2-10H,1H3,(H,20,21). The molecule has 2 aromatic carbocycles. The van der Waals surface area contributed by atoms with E-state index in [0.29, 0.717) is 5.13 Å². The lowest BCUT2D eigenvalue weighted by Crippen LogP contribution is -2.00. The van der Waals surface area contributed by atoms with Crippen molar-refractivity contribution in [3.63, 3.8) is 0 Å². The van der Waals surface area contributed by atoms with Gasteiger partial charge in [0.2, 0.25) is 5.13 Å². The molecule has 8 heteroatoms. The molecule has 0 amide bonds. The van der Waals surface area contributed by atoms with E-state index in [1.54, 1.807) is 0 Å². The van der Waals surface area contributed by atoms with Crippen molar-refractivity contribution in [2.24, 2.45) is 5.10 Å². The Hall–Kier alpha value is -3.13. The van der Waals surface area contributed by atoms with Crippen molar-refractivity contribution >= 4 is 28.4 Å². The average Bonchev–Trinajstić information content (AvgIpc) is 3.07. The Labute approximate surface area is 146 Å². The number of anilines is 1. The van der Waals surface area contributed by atoms with Gasteiger partial charge >= 0.3 is 0 Å². The van der Waals surface area contributed by atoms with Crippen LogP contribution in [0.25, 0.3) is 11.3 Å². The molecule has 3 aromatic rings. The van der Waals surface area contributed by atoms with E-state index in [9.17, 15) is 14.5 Å². The molecular weight excluding hydrogens is 343 g/mol. The maximum Gasteiger partial charge on any atom is 0.273 e. The van der Waals surface area contributed by atoms with Gasteiger partial charge in [0.25, 0.3) is 5.69 Å². The van der Waals surface area contributed by atoms with E-state index in [4.69, 9.17) is 0 Å². The molecule has 0 aliphatic heterocycles. The molecule has 0 fully saturated rings. The summed E-state index contributed by atoms with van der Waals surface area (Å²) in [6.07, 6.45) is 1.22. The van der Waals surface area contributed by atoms with Crippen LogP contribution in [0.5, 0.6) is 0 Å². The molecule has 0 radical (unpaired) electrons. The fourth-order valence-corrected chi connectivity index (χ4v) is 2.93. The van der Waals surface area contributed by atoms with Gasteiger partial charge in [-0.15, -0.1) is 11.3 Å². The monoisotopic (exact) mass is 356 g/mol. The van der Waals surface area contributed by atoms with Gasteiger partial charge < -0.3 is 0 Å². The highest BCUT2D eigenvalue weighted by Crippen LogP contribution is 2.25. The number of nitrogens with one attached hydrogen (secondary N) is 1. The minimum Gasteiger partial charge on any atom is -0.258 e. The number of halogens is 1. The van der Waals surface area contributed by atoms with Gasteiger partial charge in [0.1, 0.15) is 5.82 Å². The minimum absolute atomic E-state index is 0.0709. The van der Waals surface area contributed by atoms with Crippen molar-refractivity contribution < 1.29 is 9.31 Å². The van der Waals surface area contributed by atoms with Gasteiger partial charge in [-0.25, -0.2) is 9.37 Å². The van der Waals surface area contributed by atoms with Gasteiger partial charge in [-0.2, -0.15) is 5.10 Å². The molecule has 0 atom stereocenters. The zero-order valence-corrected chi connectivity index (χ0v) is 14.0. The average molecular weight is 356 g/mol. The molecule has 0 aliphatic rings. The maximum absolute atomic E-state index is 13.9. The van der Waals surface area contributed by atoms with Crippen molar-refractivity contribution in [1.29, 1.82) is 0 Å². The number of rotatable bonds is 5. The molecule has 0 aliphatic carbocycles. The van der Waals surface area contributed by atoms with Crippen molar-refractivity contribution in [3.8, 4) is 11.3 Å². The van der Waals surface area contributed by atoms with Gasteiger partial charge in [-0.1, -0.05) is 30.3 Å². The molecule has 126 valence electrons.